The van der Waals surface area contributed by atoms with Crippen molar-refractivity contribution in [3.63, 3.8) is 0 Å². The van der Waals surface area contributed by atoms with Crippen LogP contribution in [0.4, 0.5) is 17.6 Å². The molecule has 0 spiro atoms. The number of nitrogens with zero attached hydrogens (tertiary/aromatic N) is 1. The number of halogens is 4. The first kappa shape index (κ1) is 17.6. The summed E-state index contributed by atoms with van der Waals surface area (Å²) in [5, 5.41) is 2.44. The maximum Gasteiger partial charge on any atom is 0.416 e. The normalized spacial score (nSPS) is 16.4. The summed E-state index contributed by atoms with van der Waals surface area (Å²) in [5.74, 6) is -1.20. The molecule has 1 saturated heterocycles. The van der Waals surface area contributed by atoms with Crippen LogP contribution in [0.5, 0.6) is 0 Å². The molecular weight excluding hydrogens is 376 g/mol. The van der Waals surface area contributed by atoms with Gasteiger partial charge in [-0.2, -0.15) is 13.2 Å². The number of thiocarbonyl (C=S) groups is 1. The van der Waals surface area contributed by atoms with E-state index in [2.05, 4.69) is 10.3 Å². The van der Waals surface area contributed by atoms with Gasteiger partial charge in [-0.15, -0.1) is 0 Å². The number of carbonyl (C=O) groups excluding carboxylic acids is 1. The largest absolute Gasteiger partial charge is 0.416 e. The van der Waals surface area contributed by atoms with Crippen molar-refractivity contribution in [3.05, 3.63) is 58.4 Å². The Labute approximate surface area is 149 Å². The number of alkyl halides is 3. The fourth-order valence-corrected chi connectivity index (χ4v) is 3.16. The molecule has 3 nitrogen and oxygen atoms in total. The third-order valence-electron chi connectivity index (χ3n) is 3.26. The average molecular weight is 384 g/mol. The third kappa shape index (κ3) is 3.88. The predicted octanol–water partition coefficient (Wildman–Crippen LogP) is 4.40. The van der Waals surface area contributed by atoms with Gasteiger partial charge in [-0.1, -0.05) is 30.0 Å². The third-order valence-corrected chi connectivity index (χ3v) is 4.42. The number of aromatic nitrogens is 1. The Morgan fingerprint density at radius 3 is 2.60 bits per heavy atom. The van der Waals surface area contributed by atoms with Crippen molar-refractivity contribution in [1.29, 1.82) is 0 Å². The smallest absolute Gasteiger partial charge is 0.307 e. The molecule has 2 heterocycles. The summed E-state index contributed by atoms with van der Waals surface area (Å²) >= 11 is 5.92. The summed E-state index contributed by atoms with van der Waals surface area (Å²) < 4.78 is 52.8. The van der Waals surface area contributed by atoms with Gasteiger partial charge in [0.15, 0.2) is 0 Å². The summed E-state index contributed by atoms with van der Waals surface area (Å²) in [6.07, 6.45) is -3.15. The summed E-state index contributed by atoms with van der Waals surface area (Å²) in [6.45, 7) is 0. The van der Waals surface area contributed by atoms with E-state index in [-0.39, 0.29) is 17.2 Å². The highest BCUT2D eigenvalue weighted by molar-refractivity contribution is 8.26. The molecule has 1 N–H and O–H groups in total. The van der Waals surface area contributed by atoms with Crippen molar-refractivity contribution in [3.8, 4) is 11.3 Å². The molecule has 2 aromatic rings. The number of rotatable bonds is 2. The van der Waals surface area contributed by atoms with E-state index in [1.165, 1.54) is 18.2 Å². The second kappa shape index (κ2) is 6.57. The van der Waals surface area contributed by atoms with Crippen LogP contribution in [-0.4, -0.2) is 15.2 Å². The fraction of sp³-hybridized carbons (Fsp3) is 0.0625. The molecule has 1 amide bonds. The van der Waals surface area contributed by atoms with Gasteiger partial charge in [0.05, 0.1) is 21.9 Å². The van der Waals surface area contributed by atoms with Crippen molar-refractivity contribution in [2.75, 3.05) is 0 Å². The van der Waals surface area contributed by atoms with Crippen molar-refractivity contribution >= 4 is 40.3 Å². The molecule has 0 bridgehead atoms. The number of carbonyl (C=O) groups is 1. The van der Waals surface area contributed by atoms with E-state index < -0.39 is 17.6 Å². The van der Waals surface area contributed by atoms with Gasteiger partial charge in [-0.3, -0.25) is 4.79 Å². The minimum atomic E-state index is -4.59. The first-order chi connectivity index (χ1) is 11.7. The molecule has 0 saturated carbocycles. The van der Waals surface area contributed by atoms with Crippen LogP contribution in [0.25, 0.3) is 17.3 Å². The lowest BCUT2D eigenvalue weighted by Gasteiger charge is -2.10. The topological polar surface area (TPSA) is 42.0 Å². The SMILES string of the molecule is O=C1NC(=S)SC1=Cc1cccc(-c2cc(C(F)(F)F)ccc2F)n1. The van der Waals surface area contributed by atoms with E-state index in [1.807, 2.05) is 0 Å². The van der Waals surface area contributed by atoms with Crippen LogP contribution in [0.1, 0.15) is 11.3 Å². The predicted molar refractivity (Wildman–Crippen MR) is 90.9 cm³/mol. The lowest BCUT2D eigenvalue weighted by Crippen LogP contribution is -2.17. The molecule has 0 atom stereocenters. The number of thioether (sulfide) groups is 1. The second-order valence-corrected chi connectivity index (χ2v) is 6.71. The van der Waals surface area contributed by atoms with Gasteiger partial charge in [0.25, 0.3) is 5.91 Å². The standard InChI is InChI=1S/C16H8F4N2OS2/c17-11-5-4-8(16(18,19)20)6-10(11)12-3-1-2-9(21-12)7-13-14(23)22-15(24)25-13/h1-7H,(H,22,23,24). The molecule has 9 heteroatoms. The van der Waals surface area contributed by atoms with Crippen LogP contribution < -0.4 is 5.32 Å². The zero-order chi connectivity index (χ0) is 18.2. The van der Waals surface area contributed by atoms with Crippen molar-refractivity contribution in [2.24, 2.45) is 0 Å². The van der Waals surface area contributed by atoms with E-state index in [4.69, 9.17) is 12.2 Å². The number of nitrogens with one attached hydrogen (secondary N) is 1. The lowest BCUT2D eigenvalue weighted by molar-refractivity contribution is -0.137. The first-order valence-corrected chi connectivity index (χ1v) is 8.05. The fourth-order valence-electron chi connectivity index (χ4n) is 2.14. The summed E-state index contributed by atoms with van der Waals surface area (Å²) in [6, 6.07) is 6.60. The van der Waals surface area contributed by atoms with Crippen LogP contribution in [-0.2, 0) is 11.0 Å². The minimum absolute atomic E-state index is 0.0314. The number of pyridine rings is 1. The molecule has 0 aliphatic carbocycles. The van der Waals surface area contributed by atoms with Gasteiger partial charge in [0, 0.05) is 5.56 Å². The molecule has 1 aromatic carbocycles. The zero-order valence-electron chi connectivity index (χ0n) is 12.2. The summed E-state index contributed by atoms with van der Waals surface area (Å²) in [5.41, 5.74) is -0.903. The van der Waals surface area contributed by atoms with E-state index in [0.29, 0.717) is 27.1 Å². The number of amides is 1. The van der Waals surface area contributed by atoms with Gasteiger partial charge >= 0.3 is 6.18 Å². The number of hydrogen-bond donors (Lipinski definition) is 1. The molecule has 25 heavy (non-hydrogen) atoms. The van der Waals surface area contributed by atoms with Gasteiger partial charge in [0.2, 0.25) is 0 Å². The highest BCUT2D eigenvalue weighted by Crippen LogP contribution is 2.33. The summed E-state index contributed by atoms with van der Waals surface area (Å²) in [4.78, 5) is 16.1. The molecule has 0 unspecified atom stereocenters. The van der Waals surface area contributed by atoms with Crippen LogP contribution in [0, 0.1) is 5.82 Å². The molecule has 1 aliphatic heterocycles. The van der Waals surface area contributed by atoms with Crippen LogP contribution in [0.3, 0.4) is 0 Å². The van der Waals surface area contributed by atoms with Crippen LogP contribution in [0.2, 0.25) is 0 Å². The number of benzene rings is 1. The van der Waals surface area contributed by atoms with Crippen molar-refractivity contribution < 1.29 is 22.4 Å². The van der Waals surface area contributed by atoms with Crippen LogP contribution in [0.15, 0.2) is 41.3 Å². The van der Waals surface area contributed by atoms with Gasteiger partial charge in [-0.25, -0.2) is 9.37 Å². The van der Waals surface area contributed by atoms with Gasteiger partial charge < -0.3 is 5.32 Å². The molecule has 1 aromatic heterocycles. The quantitative estimate of drug-likeness (QED) is 0.474. The van der Waals surface area contributed by atoms with Crippen molar-refractivity contribution in [1.82, 2.24) is 10.3 Å². The Balaban J connectivity index is 2.01. The van der Waals surface area contributed by atoms with Crippen LogP contribution >= 0.6 is 24.0 Å². The molecule has 0 radical (unpaired) electrons. The van der Waals surface area contributed by atoms with E-state index in [9.17, 15) is 22.4 Å². The van der Waals surface area contributed by atoms with E-state index in [1.54, 1.807) is 6.07 Å². The lowest BCUT2D eigenvalue weighted by atomic mass is 10.1. The molecule has 3 rings (SSSR count). The highest BCUT2D eigenvalue weighted by atomic mass is 32.2. The highest BCUT2D eigenvalue weighted by Gasteiger charge is 2.31. The van der Waals surface area contributed by atoms with Gasteiger partial charge in [-0.05, 0) is 36.4 Å². The van der Waals surface area contributed by atoms with E-state index >= 15 is 0 Å². The molecule has 128 valence electrons. The Morgan fingerprint density at radius 2 is 1.96 bits per heavy atom. The average Bonchev–Trinajstić information content (AvgIpc) is 2.84. The van der Waals surface area contributed by atoms with Crippen molar-refractivity contribution in [2.45, 2.75) is 6.18 Å². The monoisotopic (exact) mass is 384 g/mol. The Bertz CT molecular complexity index is 909. The Hall–Kier alpha value is -2.26. The molecular formula is C16H8F4N2OS2. The molecule has 1 aliphatic rings. The maximum absolute atomic E-state index is 14.0. The second-order valence-electron chi connectivity index (χ2n) is 4.99. The summed E-state index contributed by atoms with van der Waals surface area (Å²) in [7, 11) is 0. The first-order valence-electron chi connectivity index (χ1n) is 6.83. The Kier molecular flexibility index (Phi) is 4.61. The minimum Gasteiger partial charge on any atom is -0.307 e. The number of hydrogen-bond acceptors (Lipinski definition) is 4. The maximum atomic E-state index is 14.0. The van der Waals surface area contributed by atoms with Gasteiger partial charge in [0.1, 0.15) is 10.1 Å². The van der Waals surface area contributed by atoms with E-state index in [0.717, 1.165) is 17.8 Å². The zero-order valence-corrected chi connectivity index (χ0v) is 13.9. The Morgan fingerprint density at radius 1 is 1.20 bits per heavy atom. The molecule has 1 fully saturated rings.